The van der Waals surface area contributed by atoms with Gasteiger partial charge in [-0.3, -0.25) is 4.98 Å². The molecular weight excluding hydrogens is 309 g/mol. The van der Waals surface area contributed by atoms with Crippen LogP contribution in [-0.2, 0) is 4.74 Å². The van der Waals surface area contributed by atoms with Gasteiger partial charge in [0.1, 0.15) is 5.82 Å². The van der Waals surface area contributed by atoms with Gasteiger partial charge in [-0.1, -0.05) is 18.2 Å². The lowest BCUT2D eigenvalue weighted by molar-refractivity contribution is 0.0532. The predicted octanol–water partition coefficient (Wildman–Crippen LogP) is 2.39. The van der Waals surface area contributed by atoms with Crippen molar-refractivity contribution in [3.63, 3.8) is 0 Å². The molecule has 1 atom stereocenters. The van der Waals surface area contributed by atoms with E-state index < -0.39 is 0 Å². The highest BCUT2D eigenvalue weighted by Crippen LogP contribution is 2.22. The Bertz CT molecular complexity index is 658. The normalized spacial score (nSPS) is 15.8. The first-order valence-electron chi connectivity index (χ1n) is 8.01. The average Bonchev–Trinajstić information content (AvgIpc) is 2.65. The van der Waals surface area contributed by atoms with Gasteiger partial charge in [-0.15, -0.1) is 0 Å². The van der Waals surface area contributed by atoms with Crippen molar-refractivity contribution in [3.05, 3.63) is 65.7 Å². The molecule has 1 N–H and O–H groups in total. The van der Waals surface area contributed by atoms with Crippen molar-refractivity contribution in [2.24, 2.45) is 0 Å². The Morgan fingerprint density at radius 2 is 1.96 bits per heavy atom. The minimum Gasteiger partial charge on any atom is -0.378 e. The van der Waals surface area contributed by atoms with Gasteiger partial charge in [-0.25, -0.2) is 9.18 Å². The van der Waals surface area contributed by atoms with Gasteiger partial charge >= 0.3 is 6.03 Å². The van der Waals surface area contributed by atoms with Crippen LogP contribution in [0.4, 0.5) is 9.18 Å². The van der Waals surface area contributed by atoms with Crippen LogP contribution in [0.15, 0.2) is 48.7 Å². The summed E-state index contributed by atoms with van der Waals surface area (Å²) in [5, 5.41) is 2.96. The zero-order valence-corrected chi connectivity index (χ0v) is 13.3. The molecule has 0 aliphatic carbocycles. The molecule has 3 rings (SSSR count). The van der Waals surface area contributed by atoms with Gasteiger partial charge in [0, 0.05) is 37.4 Å². The van der Waals surface area contributed by atoms with E-state index in [9.17, 15) is 9.18 Å². The maximum atomic E-state index is 13.2. The van der Waals surface area contributed by atoms with E-state index in [1.807, 2.05) is 18.2 Å². The van der Waals surface area contributed by atoms with E-state index in [4.69, 9.17) is 4.74 Å². The number of urea groups is 1. The van der Waals surface area contributed by atoms with Crippen LogP contribution < -0.4 is 5.32 Å². The van der Waals surface area contributed by atoms with Crippen molar-refractivity contribution in [1.29, 1.82) is 0 Å². The number of morpholine rings is 1. The fraction of sp³-hybridized carbons (Fsp3) is 0.333. The van der Waals surface area contributed by atoms with Crippen molar-refractivity contribution < 1.29 is 13.9 Å². The molecule has 1 aromatic heterocycles. The molecule has 0 radical (unpaired) electrons. The first-order valence-corrected chi connectivity index (χ1v) is 8.01. The SMILES string of the molecule is O=C(NCC(c1ccc(F)cc1)c1ccccn1)N1CCOCC1. The van der Waals surface area contributed by atoms with Crippen LogP contribution in [0, 0.1) is 5.82 Å². The number of carbonyl (C=O) groups excluding carboxylic acids is 1. The molecule has 2 aromatic rings. The maximum Gasteiger partial charge on any atom is 0.317 e. The number of carbonyl (C=O) groups is 1. The van der Waals surface area contributed by atoms with Gasteiger partial charge in [0.15, 0.2) is 0 Å². The van der Waals surface area contributed by atoms with Crippen LogP contribution in [0.2, 0.25) is 0 Å². The molecule has 6 heteroatoms. The lowest BCUT2D eigenvalue weighted by Crippen LogP contribution is -2.47. The molecule has 1 fully saturated rings. The highest BCUT2D eigenvalue weighted by molar-refractivity contribution is 5.74. The van der Waals surface area contributed by atoms with Crippen LogP contribution in [0.3, 0.4) is 0 Å². The third-order valence-electron chi connectivity index (χ3n) is 4.07. The number of benzene rings is 1. The van der Waals surface area contributed by atoms with Crippen LogP contribution >= 0.6 is 0 Å². The molecule has 1 aliphatic heterocycles. The van der Waals surface area contributed by atoms with E-state index in [1.165, 1.54) is 12.1 Å². The lowest BCUT2D eigenvalue weighted by Gasteiger charge is -2.28. The molecule has 1 aliphatic rings. The summed E-state index contributed by atoms with van der Waals surface area (Å²) in [6, 6.07) is 11.9. The van der Waals surface area contributed by atoms with Crippen molar-refractivity contribution >= 4 is 6.03 Å². The van der Waals surface area contributed by atoms with E-state index in [0.717, 1.165) is 11.3 Å². The number of amides is 2. The van der Waals surface area contributed by atoms with E-state index in [2.05, 4.69) is 10.3 Å². The molecule has 1 saturated heterocycles. The van der Waals surface area contributed by atoms with Crippen molar-refractivity contribution in [2.45, 2.75) is 5.92 Å². The Balaban J connectivity index is 1.72. The lowest BCUT2D eigenvalue weighted by atomic mass is 9.95. The Labute approximate surface area is 140 Å². The molecule has 1 aromatic carbocycles. The Kier molecular flexibility index (Phi) is 5.38. The van der Waals surface area contributed by atoms with Crippen molar-refractivity contribution in [2.75, 3.05) is 32.8 Å². The van der Waals surface area contributed by atoms with Crippen LogP contribution in [-0.4, -0.2) is 48.8 Å². The summed E-state index contributed by atoms with van der Waals surface area (Å²) >= 11 is 0. The Morgan fingerprint density at radius 3 is 2.62 bits per heavy atom. The second kappa shape index (κ2) is 7.88. The first-order chi connectivity index (χ1) is 11.7. The summed E-state index contributed by atoms with van der Waals surface area (Å²) in [6.45, 7) is 2.72. The van der Waals surface area contributed by atoms with Gasteiger partial charge in [0.25, 0.3) is 0 Å². The molecule has 0 spiro atoms. The minimum absolute atomic E-state index is 0.110. The number of halogens is 1. The number of hydrogen-bond donors (Lipinski definition) is 1. The summed E-state index contributed by atoms with van der Waals surface area (Å²) in [5.74, 6) is -0.410. The summed E-state index contributed by atoms with van der Waals surface area (Å²) < 4.78 is 18.5. The van der Waals surface area contributed by atoms with Crippen molar-refractivity contribution in [1.82, 2.24) is 15.2 Å². The van der Waals surface area contributed by atoms with Crippen LogP contribution in [0.5, 0.6) is 0 Å². The standard InChI is InChI=1S/C18H20FN3O2/c19-15-6-4-14(5-7-15)16(17-3-1-2-8-20-17)13-21-18(23)22-9-11-24-12-10-22/h1-8,16H,9-13H2,(H,21,23). The maximum absolute atomic E-state index is 13.2. The number of nitrogens with zero attached hydrogens (tertiary/aromatic N) is 2. The summed E-state index contributed by atoms with van der Waals surface area (Å²) in [7, 11) is 0. The largest absolute Gasteiger partial charge is 0.378 e. The number of ether oxygens (including phenoxy) is 1. The Morgan fingerprint density at radius 1 is 1.21 bits per heavy atom. The molecule has 5 nitrogen and oxygen atoms in total. The molecule has 0 saturated carbocycles. The summed E-state index contributed by atoms with van der Waals surface area (Å²) in [6.07, 6.45) is 1.72. The molecule has 1 unspecified atom stereocenters. The van der Waals surface area contributed by atoms with E-state index in [0.29, 0.717) is 32.8 Å². The highest BCUT2D eigenvalue weighted by atomic mass is 19.1. The van der Waals surface area contributed by atoms with Crippen molar-refractivity contribution in [3.8, 4) is 0 Å². The van der Waals surface area contributed by atoms with E-state index >= 15 is 0 Å². The summed E-state index contributed by atoms with van der Waals surface area (Å²) in [4.78, 5) is 18.4. The van der Waals surface area contributed by atoms with Crippen LogP contribution in [0.25, 0.3) is 0 Å². The van der Waals surface area contributed by atoms with E-state index in [1.54, 1.807) is 23.2 Å². The fourth-order valence-corrected chi connectivity index (χ4v) is 2.74. The fourth-order valence-electron chi connectivity index (χ4n) is 2.74. The quantitative estimate of drug-likeness (QED) is 0.937. The first kappa shape index (κ1) is 16.4. The molecule has 2 amide bonds. The molecule has 2 heterocycles. The van der Waals surface area contributed by atoms with Gasteiger partial charge in [0.2, 0.25) is 0 Å². The molecule has 24 heavy (non-hydrogen) atoms. The number of aromatic nitrogens is 1. The predicted molar refractivity (Wildman–Crippen MR) is 88.3 cm³/mol. The number of pyridine rings is 1. The Hall–Kier alpha value is -2.47. The number of nitrogens with one attached hydrogen (secondary N) is 1. The highest BCUT2D eigenvalue weighted by Gasteiger charge is 2.20. The van der Waals surface area contributed by atoms with Gasteiger partial charge in [-0.2, -0.15) is 0 Å². The molecule has 0 bridgehead atoms. The van der Waals surface area contributed by atoms with Gasteiger partial charge in [0.05, 0.1) is 13.2 Å². The molecule has 126 valence electrons. The molecular formula is C18H20FN3O2. The smallest absolute Gasteiger partial charge is 0.317 e. The third-order valence-corrected chi connectivity index (χ3v) is 4.07. The van der Waals surface area contributed by atoms with Crippen LogP contribution in [0.1, 0.15) is 17.2 Å². The third kappa shape index (κ3) is 4.08. The van der Waals surface area contributed by atoms with Gasteiger partial charge < -0.3 is 15.0 Å². The number of hydrogen-bond acceptors (Lipinski definition) is 3. The average molecular weight is 329 g/mol. The van der Waals surface area contributed by atoms with Gasteiger partial charge in [-0.05, 0) is 29.8 Å². The topological polar surface area (TPSA) is 54.5 Å². The monoisotopic (exact) mass is 329 g/mol. The van der Waals surface area contributed by atoms with E-state index in [-0.39, 0.29) is 17.8 Å². The summed E-state index contributed by atoms with van der Waals surface area (Å²) in [5.41, 5.74) is 1.75. The zero-order chi connectivity index (χ0) is 16.8. The second-order valence-corrected chi connectivity index (χ2v) is 5.64. The number of rotatable bonds is 4. The zero-order valence-electron chi connectivity index (χ0n) is 13.3. The second-order valence-electron chi connectivity index (χ2n) is 5.64. The minimum atomic E-state index is -0.282.